The van der Waals surface area contributed by atoms with Gasteiger partial charge in [-0.05, 0) is 30.3 Å². The average molecular weight is 409 g/mol. The summed E-state index contributed by atoms with van der Waals surface area (Å²) in [5.74, 6) is 0.0775. The second kappa shape index (κ2) is 9.48. The smallest absolute Gasteiger partial charge is 0.220 e. The fourth-order valence-electron chi connectivity index (χ4n) is 3.64. The van der Waals surface area contributed by atoms with E-state index in [4.69, 9.17) is 0 Å². The minimum Gasteiger partial charge on any atom is -0.352 e. The Morgan fingerprint density at radius 2 is 1.86 bits per heavy atom. The minimum atomic E-state index is 0.0775. The summed E-state index contributed by atoms with van der Waals surface area (Å²) in [6.07, 6.45) is 1.16. The van der Waals surface area contributed by atoms with Crippen molar-refractivity contribution in [3.8, 4) is 0 Å². The Morgan fingerprint density at radius 3 is 2.69 bits per heavy atom. The van der Waals surface area contributed by atoms with Crippen LogP contribution in [0.2, 0.25) is 0 Å². The molecule has 1 aromatic heterocycles. The quantitative estimate of drug-likeness (QED) is 0.652. The van der Waals surface area contributed by atoms with Crippen molar-refractivity contribution >= 4 is 27.5 Å². The van der Waals surface area contributed by atoms with Gasteiger partial charge in [-0.25, -0.2) is 4.98 Å². The molecular formula is C23H28N4OS. The Hall–Kier alpha value is -2.28. The van der Waals surface area contributed by atoms with E-state index in [0.29, 0.717) is 19.4 Å². The minimum absolute atomic E-state index is 0.0775. The van der Waals surface area contributed by atoms with Crippen molar-refractivity contribution < 1.29 is 4.79 Å². The number of thiazole rings is 1. The standard InChI is InChI=1S/C23H28N4OS/c1-26-11-13-27(14-12-26)17-19-6-4-5-18(15-19)16-24-22(28)9-10-23-25-20-7-2-3-8-21(20)29-23/h2-8,15H,9-14,16-17H2,1H3,(H,24,28). The van der Waals surface area contributed by atoms with Crippen molar-refractivity contribution in [2.45, 2.75) is 25.9 Å². The fraction of sp³-hybridized carbons (Fsp3) is 0.391. The topological polar surface area (TPSA) is 48.5 Å². The number of amides is 1. The van der Waals surface area contributed by atoms with Gasteiger partial charge in [0.2, 0.25) is 5.91 Å². The van der Waals surface area contributed by atoms with Gasteiger partial charge in [0.05, 0.1) is 15.2 Å². The summed E-state index contributed by atoms with van der Waals surface area (Å²) in [7, 11) is 2.18. The van der Waals surface area contributed by atoms with Crippen LogP contribution >= 0.6 is 11.3 Å². The van der Waals surface area contributed by atoms with E-state index in [1.54, 1.807) is 11.3 Å². The van der Waals surface area contributed by atoms with Crippen molar-refractivity contribution in [1.29, 1.82) is 0 Å². The molecule has 1 amide bonds. The number of nitrogens with one attached hydrogen (secondary N) is 1. The number of rotatable bonds is 7. The number of fused-ring (bicyclic) bond motifs is 1. The number of aryl methyl sites for hydroxylation is 1. The number of nitrogens with zero attached hydrogens (tertiary/aromatic N) is 3. The van der Waals surface area contributed by atoms with E-state index in [2.05, 4.69) is 57.5 Å². The maximum atomic E-state index is 12.3. The van der Waals surface area contributed by atoms with Crippen molar-refractivity contribution in [2.75, 3.05) is 33.2 Å². The van der Waals surface area contributed by atoms with Gasteiger partial charge >= 0.3 is 0 Å². The summed E-state index contributed by atoms with van der Waals surface area (Å²) >= 11 is 1.67. The molecule has 4 rings (SSSR count). The van der Waals surface area contributed by atoms with Gasteiger partial charge in [0.15, 0.2) is 0 Å². The maximum absolute atomic E-state index is 12.3. The predicted molar refractivity (Wildman–Crippen MR) is 119 cm³/mol. The second-order valence-electron chi connectivity index (χ2n) is 7.75. The van der Waals surface area contributed by atoms with Gasteiger partial charge in [0, 0.05) is 52.1 Å². The zero-order chi connectivity index (χ0) is 20.1. The van der Waals surface area contributed by atoms with Gasteiger partial charge in [-0.3, -0.25) is 9.69 Å². The lowest BCUT2D eigenvalue weighted by atomic mass is 10.1. The number of aromatic nitrogens is 1. The highest BCUT2D eigenvalue weighted by molar-refractivity contribution is 7.18. The third-order valence-corrected chi connectivity index (χ3v) is 6.48. The summed E-state index contributed by atoms with van der Waals surface area (Å²) in [6.45, 7) is 6.05. The monoisotopic (exact) mass is 408 g/mol. The van der Waals surface area contributed by atoms with Crippen LogP contribution in [0.4, 0.5) is 0 Å². The third-order valence-electron chi connectivity index (χ3n) is 5.39. The molecule has 29 heavy (non-hydrogen) atoms. The van der Waals surface area contributed by atoms with E-state index in [9.17, 15) is 4.79 Å². The molecule has 0 bridgehead atoms. The molecule has 152 valence electrons. The van der Waals surface area contributed by atoms with E-state index in [1.807, 2.05) is 18.2 Å². The van der Waals surface area contributed by atoms with Crippen LogP contribution in [0.15, 0.2) is 48.5 Å². The molecule has 0 saturated carbocycles. The number of hydrogen-bond acceptors (Lipinski definition) is 5. The molecule has 6 heteroatoms. The van der Waals surface area contributed by atoms with Crippen LogP contribution in [0.25, 0.3) is 10.2 Å². The Morgan fingerprint density at radius 1 is 1.07 bits per heavy atom. The number of para-hydroxylation sites is 1. The summed E-state index contributed by atoms with van der Waals surface area (Å²) in [5, 5.41) is 4.08. The van der Waals surface area contributed by atoms with Crippen LogP contribution in [-0.2, 0) is 24.3 Å². The molecule has 5 nitrogen and oxygen atoms in total. The van der Waals surface area contributed by atoms with Crippen molar-refractivity contribution in [2.24, 2.45) is 0 Å². The molecule has 2 aromatic carbocycles. The summed E-state index contributed by atoms with van der Waals surface area (Å²) in [4.78, 5) is 21.8. The molecule has 1 fully saturated rings. The lowest BCUT2D eigenvalue weighted by Crippen LogP contribution is -2.43. The first-order chi connectivity index (χ1) is 14.2. The highest BCUT2D eigenvalue weighted by Crippen LogP contribution is 2.22. The van der Waals surface area contributed by atoms with Gasteiger partial charge in [-0.15, -0.1) is 11.3 Å². The SMILES string of the molecule is CN1CCN(Cc2cccc(CNC(=O)CCc3nc4ccccc4s3)c2)CC1. The molecule has 0 aliphatic carbocycles. The van der Waals surface area contributed by atoms with Gasteiger partial charge in [0.25, 0.3) is 0 Å². The number of likely N-dealkylation sites (N-methyl/N-ethyl adjacent to an activating group) is 1. The van der Waals surface area contributed by atoms with Gasteiger partial charge in [-0.1, -0.05) is 36.4 Å². The van der Waals surface area contributed by atoms with E-state index in [-0.39, 0.29) is 5.91 Å². The largest absolute Gasteiger partial charge is 0.352 e. The van der Waals surface area contributed by atoms with E-state index in [0.717, 1.165) is 48.8 Å². The summed E-state index contributed by atoms with van der Waals surface area (Å²) in [6, 6.07) is 16.7. The molecular weight excluding hydrogens is 380 g/mol. The van der Waals surface area contributed by atoms with E-state index >= 15 is 0 Å². The Labute approximate surface area is 176 Å². The molecule has 2 heterocycles. The van der Waals surface area contributed by atoms with Crippen LogP contribution in [0, 0.1) is 0 Å². The normalized spacial score (nSPS) is 15.6. The van der Waals surface area contributed by atoms with E-state index in [1.165, 1.54) is 10.3 Å². The van der Waals surface area contributed by atoms with Crippen molar-refractivity contribution in [1.82, 2.24) is 20.1 Å². The van der Waals surface area contributed by atoms with Crippen molar-refractivity contribution in [3.05, 3.63) is 64.7 Å². The Balaban J connectivity index is 1.24. The molecule has 0 atom stereocenters. The predicted octanol–water partition coefficient (Wildman–Crippen LogP) is 3.29. The number of hydrogen-bond donors (Lipinski definition) is 1. The Bertz CT molecular complexity index is 929. The van der Waals surface area contributed by atoms with Crippen LogP contribution in [0.3, 0.4) is 0 Å². The number of carbonyl (C=O) groups is 1. The zero-order valence-corrected chi connectivity index (χ0v) is 17.8. The fourth-order valence-corrected chi connectivity index (χ4v) is 4.61. The molecule has 1 saturated heterocycles. The first-order valence-corrected chi connectivity index (χ1v) is 11.1. The molecule has 0 spiro atoms. The summed E-state index contributed by atoms with van der Waals surface area (Å²) < 4.78 is 1.18. The number of carbonyl (C=O) groups excluding carboxylic acids is 1. The second-order valence-corrected chi connectivity index (χ2v) is 8.87. The van der Waals surface area contributed by atoms with Crippen LogP contribution in [0.1, 0.15) is 22.6 Å². The maximum Gasteiger partial charge on any atom is 0.220 e. The highest BCUT2D eigenvalue weighted by atomic mass is 32.1. The molecule has 0 radical (unpaired) electrons. The zero-order valence-electron chi connectivity index (χ0n) is 16.9. The first kappa shape index (κ1) is 20.0. The molecule has 1 aliphatic rings. The van der Waals surface area contributed by atoms with Crippen LogP contribution in [-0.4, -0.2) is 53.9 Å². The lowest BCUT2D eigenvalue weighted by Gasteiger charge is -2.32. The van der Waals surface area contributed by atoms with Crippen LogP contribution < -0.4 is 5.32 Å². The molecule has 1 aliphatic heterocycles. The average Bonchev–Trinajstić information content (AvgIpc) is 3.16. The Kier molecular flexibility index (Phi) is 6.54. The van der Waals surface area contributed by atoms with Crippen molar-refractivity contribution in [3.63, 3.8) is 0 Å². The summed E-state index contributed by atoms with van der Waals surface area (Å²) in [5.41, 5.74) is 3.49. The number of piperazine rings is 1. The van der Waals surface area contributed by atoms with Gasteiger partial charge < -0.3 is 10.2 Å². The first-order valence-electron chi connectivity index (χ1n) is 10.3. The third kappa shape index (κ3) is 5.63. The molecule has 0 unspecified atom stereocenters. The van der Waals surface area contributed by atoms with E-state index < -0.39 is 0 Å². The van der Waals surface area contributed by atoms with Gasteiger partial charge in [0.1, 0.15) is 0 Å². The number of benzene rings is 2. The van der Waals surface area contributed by atoms with Crippen LogP contribution in [0.5, 0.6) is 0 Å². The molecule has 1 N–H and O–H groups in total. The highest BCUT2D eigenvalue weighted by Gasteiger charge is 2.14. The lowest BCUT2D eigenvalue weighted by molar-refractivity contribution is -0.121. The molecule has 3 aromatic rings. The van der Waals surface area contributed by atoms with Gasteiger partial charge in [-0.2, -0.15) is 0 Å².